The standard InChI is InChI=1S/C17H29N3O3.HI/c1-13(23-15-9-7-8-14(10-15)21-5)11-19-16(18-4)20-12-17(2,3)22-6;/h7-10,13H,11-12H2,1-6H3,(H2,18,19,20);1H. The maximum absolute atomic E-state index is 5.87. The predicted octanol–water partition coefficient (Wildman–Crippen LogP) is 2.67. The summed E-state index contributed by atoms with van der Waals surface area (Å²) in [5.74, 6) is 2.28. The van der Waals surface area contributed by atoms with Crippen molar-refractivity contribution in [3.63, 3.8) is 0 Å². The van der Waals surface area contributed by atoms with Crippen LogP contribution in [0.25, 0.3) is 0 Å². The van der Waals surface area contributed by atoms with Crippen molar-refractivity contribution in [2.45, 2.75) is 32.5 Å². The SMILES string of the molecule is CN=C(NCC(C)Oc1cccc(OC)c1)NCC(C)(C)OC.I. The molecule has 1 aromatic carbocycles. The molecule has 1 rings (SSSR count). The molecule has 0 bridgehead atoms. The molecule has 1 aromatic rings. The van der Waals surface area contributed by atoms with E-state index in [-0.39, 0.29) is 35.7 Å². The van der Waals surface area contributed by atoms with Crippen molar-refractivity contribution >= 4 is 29.9 Å². The van der Waals surface area contributed by atoms with Crippen LogP contribution in [-0.4, -0.2) is 52.0 Å². The van der Waals surface area contributed by atoms with Gasteiger partial charge in [-0.15, -0.1) is 24.0 Å². The number of rotatable bonds is 8. The molecule has 0 radical (unpaired) electrons. The first-order chi connectivity index (χ1) is 10.9. The van der Waals surface area contributed by atoms with Gasteiger partial charge in [-0.3, -0.25) is 4.99 Å². The lowest BCUT2D eigenvalue weighted by Gasteiger charge is -2.25. The van der Waals surface area contributed by atoms with E-state index < -0.39 is 0 Å². The number of aliphatic imine (C=N–C) groups is 1. The molecule has 0 spiro atoms. The Morgan fingerprint density at radius 2 is 1.88 bits per heavy atom. The first kappa shape index (κ1) is 22.8. The van der Waals surface area contributed by atoms with Crippen molar-refractivity contribution in [1.82, 2.24) is 10.6 Å². The van der Waals surface area contributed by atoms with Gasteiger partial charge in [0, 0.05) is 26.8 Å². The van der Waals surface area contributed by atoms with E-state index in [0.717, 1.165) is 17.5 Å². The highest BCUT2D eigenvalue weighted by atomic mass is 127. The van der Waals surface area contributed by atoms with Crippen LogP contribution in [0.15, 0.2) is 29.3 Å². The summed E-state index contributed by atoms with van der Waals surface area (Å²) in [7, 11) is 5.08. The molecule has 0 aliphatic heterocycles. The normalized spacial score (nSPS) is 12.8. The minimum atomic E-state index is -0.250. The van der Waals surface area contributed by atoms with E-state index in [1.54, 1.807) is 21.3 Å². The lowest BCUT2D eigenvalue weighted by atomic mass is 10.1. The van der Waals surface area contributed by atoms with Crippen LogP contribution in [-0.2, 0) is 4.74 Å². The largest absolute Gasteiger partial charge is 0.497 e. The molecule has 0 aromatic heterocycles. The Bertz CT molecular complexity index is 510. The zero-order valence-electron chi connectivity index (χ0n) is 15.4. The summed E-state index contributed by atoms with van der Waals surface area (Å²) < 4.78 is 16.4. The second-order valence-electron chi connectivity index (χ2n) is 5.88. The van der Waals surface area contributed by atoms with Gasteiger partial charge < -0.3 is 24.8 Å². The predicted molar refractivity (Wildman–Crippen MR) is 109 cm³/mol. The van der Waals surface area contributed by atoms with Crippen LogP contribution in [0.4, 0.5) is 0 Å². The second-order valence-corrected chi connectivity index (χ2v) is 5.88. The van der Waals surface area contributed by atoms with Gasteiger partial charge in [-0.2, -0.15) is 0 Å². The highest BCUT2D eigenvalue weighted by Crippen LogP contribution is 2.19. The summed E-state index contributed by atoms with van der Waals surface area (Å²) >= 11 is 0. The Hall–Kier alpha value is -1.22. The van der Waals surface area contributed by atoms with Gasteiger partial charge in [-0.05, 0) is 32.9 Å². The van der Waals surface area contributed by atoms with Crippen molar-refractivity contribution in [3.05, 3.63) is 24.3 Å². The van der Waals surface area contributed by atoms with Gasteiger partial charge in [0.15, 0.2) is 5.96 Å². The van der Waals surface area contributed by atoms with Crippen LogP contribution in [0, 0.1) is 0 Å². The van der Waals surface area contributed by atoms with Crippen molar-refractivity contribution in [1.29, 1.82) is 0 Å². The molecule has 7 heteroatoms. The number of guanidine groups is 1. The number of hydrogen-bond donors (Lipinski definition) is 2. The summed E-state index contributed by atoms with van der Waals surface area (Å²) in [6.07, 6.45) is -0.0175. The smallest absolute Gasteiger partial charge is 0.191 e. The van der Waals surface area contributed by atoms with E-state index in [9.17, 15) is 0 Å². The highest BCUT2D eigenvalue weighted by Gasteiger charge is 2.16. The molecule has 1 unspecified atom stereocenters. The fourth-order valence-corrected chi connectivity index (χ4v) is 1.78. The molecular weight excluding hydrogens is 421 g/mol. The Morgan fingerprint density at radius 1 is 1.21 bits per heavy atom. The average Bonchev–Trinajstić information content (AvgIpc) is 2.55. The summed E-state index contributed by atoms with van der Waals surface area (Å²) in [6, 6.07) is 7.57. The number of hydrogen-bond acceptors (Lipinski definition) is 4. The number of halogens is 1. The van der Waals surface area contributed by atoms with Crippen LogP contribution in [0.5, 0.6) is 11.5 Å². The van der Waals surface area contributed by atoms with Crippen molar-refractivity contribution in [2.24, 2.45) is 4.99 Å². The molecule has 0 fully saturated rings. The van der Waals surface area contributed by atoms with E-state index >= 15 is 0 Å². The van der Waals surface area contributed by atoms with Crippen molar-refractivity contribution < 1.29 is 14.2 Å². The lowest BCUT2D eigenvalue weighted by molar-refractivity contribution is 0.0268. The van der Waals surface area contributed by atoms with Crippen molar-refractivity contribution in [3.8, 4) is 11.5 Å². The number of ether oxygens (including phenoxy) is 3. The Morgan fingerprint density at radius 3 is 2.46 bits per heavy atom. The molecule has 0 aliphatic carbocycles. The first-order valence-electron chi connectivity index (χ1n) is 7.70. The molecule has 24 heavy (non-hydrogen) atoms. The Kier molecular flexibility index (Phi) is 10.8. The zero-order chi connectivity index (χ0) is 17.3. The average molecular weight is 451 g/mol. The van der Waals surface area contributed by atoms with Gasteiger partial charge in [0.25, 0.3) is 0 Å². The van der Waals surface area contributed by atoms with E-state index in [4.69, 9.17) is 14.2 Å². The van der Waals surface area contributed by atoms with Crippen LogP contribution in [0.1, 0.15) is 20.8 Å². The van der Waals surface area contributed by atoms with E-state index in [1.165, 1.54) is 0 Å². The summed E-state index contributed by atoms with van der Waals surface area (Å²) in [6.45, 7) is 7.32. The minimum absolute atomic E-state index is 0. The third kappa shape index (κ3) is 8.58. The van der Waals surface area contributed by atoms with Crippen molar-refractivity contribution in [2.75, 3.05) is 34.4 Å². The topological polar surface area (TPSA) is 64.1 Å². The molecule has 0 saturated heterocycles. The molecule has 0 saturated carbocycles. The zero-order valence-corrected chi connectivity index (χ0v) is 17.7. The Balaban J connectivity index is 0.00000529. The fraction of sp³-hybridized carbons (Fsp3) is 0.588. The quantitative estimate of drug-likeness (QED) is 0.362. The first-order valence-corrected chi connectivity index (χ1v) is 7.70. The summed E-state index contributed by atoms with van der Waals surface area (Å²) in [5.41, 5.74) is -0.250. The molecule has 2 N–H and O–H groups in total. The Labute approximate surface area is 162 Å². The lowest BCUT2D eigenvalue weighted by Crippen LogP contribution is -2.47. The molecule has 0 amide bonds. The highest BCUT2D eigenvalue weighted by molar-refractivity contribution is 14.0. The van der Waals surface area contributed by atoms with Gasteiger partial charge in [0.1, 0.15) is 17.6 Å². The summed E-state index contributed by atoms with van der Waals surface area (Å²) in [4.78, 5) is 4.20. The maximum atomic E-state index is 5.87. The maximum Gasteiger partial charge on any atom is 0.191 e. The van der Waals surface area contributed by atoms with Crippen LogP contribution in [0.3, 0.4) is 0 Å². The van der Waals surface area contributed by atoms with E-state index in [1.807, 2.05) is 45.0 Å². The van der Waals surface area contributed by atoms with E-state index in [0.29, 0.717) is 13.1 Å². The number of benzene rings is 1. The molecule has 1 atom stereocenters. The monoisotopic (exact) mass is 451 g/mol. The van der Waals surface area contributed by atoms with Crippen LogP contribution < -0.4 is 20.1 Å². The molecule has 0 heterocycles. The van der Waals surface area contributed by atoms with Crippen LogP contribution in [0.2, 0.25) is 0 Å². The fourth-order valence-electron chi connectivity index (χ4n) is 1.78. The minimum Gasteiger partial charge on any atom is -0.497 e. The van der Waals surface area contributed by atoms with Gasteiger partial charge in [0.2, 0.25) is 0 Å². The molecular formula is C17H30IN3O3. The van der Waals surface area contributed by atoms with Gasteiger partial charge in [-0.25, -0.2) is 0 Å². The third-order valence-corrected chi connectivity index (χ3v) is 3.39. The molecule has 0 aliphatic rings. The molecule has 138 valence electrons. The van der Waals surface area contributed by atoms with Crippen LogP contribution >= 0.6 is 24.0 Å². The summed E-state index contributed by atoms with van der Waals surface area (Å²) in [5, 5.41) is 6.48. The van der Waals surface area contributed by atoms with E-state index in [2.05, 4.69) is 15.6 Å². The second kappa shape index (κ2) is 11.4. The van der Waals surface area contributed by atoms with Gasteiger partial charge >= 0.3 is 0 Å². The number of nitrogens with zero attached hydrogens (tertiary/aromatic N) is 1. The number of nitrogens with one attached hydrogen (secondary N) is 2. The van der Waals surface area contributed by atoms with Gasteiger partial charge in [-0.1, -0.05) is 6.07 Å². The number of methoxy groups -OCH3 is 2. The molecule has 6 nitrogen and oxygen atoms in total. The third-order valence-electron chi connectivity index (χ3n) is 3.39. The van der Waals surface area contributed by atoms with Gasteiger partial charge in [0.05, 0.1) is 19.3 Å².